The Hall–Kier alpha value is -1.67. The van der Waals surface area contributed by atoms with Crippen LogP contribution in [-0.2, 0) is 12.3 Å². The molecule has 1 aliphatic rings. The monoisotopic (exact) mass is 302 g/mol. The van der Waals surface area contributed by atoms with Gasteiger partial charge in [0.15, 0.2) is 0 Å². The predicted octanol–water partition coefficient (Wildman–Crippen LogP) is 4.42. The largest absolute Gasteiger partial charge is 0.489 e. The Morgan fingerprint density at radius 2 is 1.90 bits per heavy atom. The fourth-order valence-corrected chi connectivity index (χ4v) is 2.89. The smallest absolute Gasteiger partial charge is 0.137 e. The van der Waals surface area contributed by atoms with Gasteiger partial charge in [0.1, 0.15) is 24.2 Å². The number of benzene rings is 2. The zero-order valence-electron chi connectivity index (χ0n) is 12.4. The van der Waals surface area contributed by atoms with Crippen molar-refractivity contribution in [1.29, 1.82) is 0 Å². The molecular weight excluding hydrogens is 284 g/mol. The lowest BCUT2D eigenvalue weighted by Crippen LogP contribution is -2.22. The first kappa shape index (κ1) is 14.3. The van der Waals surface area contributed by atoms with Crippen LogP contribution in [0.1, 0.15) is 22.3 Å². The van der Waals surface area contributed by atoms with E-state index in [2.05, 4.69) is 32.0 Å². The number of alkyl halides is 1. The van der Waals surface area contributed by atoms with Crippen LogP contribution in [0.25, 0.3) is 0 Å². The zero-order valence-corrected chi connectivity index (χ0v) is 13.1. The van der Waals surface area contributed by atoms with Crippen LogP contribution in [0.5, 0.6) is 11.5 Å². The van der Waals surface area contributed by atoms with E-state index in [1.54, 1.807) is 0 Å². The fourth-order valence-electron chi connectivity index (χ4n) is 2.68. The highest BCUT2D eigenvalue weighted by atomic mass is 35.5. The molecule has 0 amide bonds. The summed E-state index contributed by atoms with van der Waals surface area (Å²) in [5, 5.41) is 0. The molecule has 1 unspecified atom stereocenters. The van der Waals surface area contributed by atoms with Crippen LogP contribution >= 0.6 is 11.6 Å². The second-order valence-electron chi connectivity index (χ2n) is 5.61. The van der Waals surface area contributed by atoms with Gasteiger partial charge in [-0.1, -0.05) is 35.4 Å². The van der Waals surface area contributed by atoms with E-state index in [0.717, 1.165) is 23.5 Å². The Kier molecular flexibility index (Phi) is 4.07. The van der Waals surface area contributed by atoms with Crippen molar-refractivity contribution in [3.8, 4) is 11.5 Å². The maximum Gasteiger partial charge on any atom is 0.137 e. The number of halogens is 1. The number of aryl methyl sites for hydroxylation is 2. The van der Waals surface area contributed by atoms with Crippen LogP contribution in [0.3, 0.4) is 0 Å². The normalized spacial score (nSPS) is 16.4. The first-order valence-corrected chi connectivity index (χ1v) is 7.73. The molecule has 1 atom stereocenters. The van der Waals surface area contributed by atoms with Crippen molar-refractivity contribution in [2.45, 2.75) is 32.3 Å². The first-order chi connectivity index (χ1) is 10.2. The molecule has 110 valence electrons. The Balaban J connectivity index is 1.65. The molecule has 0 radical (unpaired) electrons. The summed E-state index contributed by atoms with van der Waals surface area (Å²) in [6.07, 6.45) is 0.977. The summed E-state index contributed by atoms with van der Waals surface area (Å²) in [4.78, 5) is 0. The van der Waals surface area contributed by atoms with E-state index < -0.39 is 0 Å². The lowest BCUT2D eigenvalue weighted by Gasteiger charge is -2.14. The van der Waals surface area contributed by atoms with E-state index in [1.165, 1.54) is 16.7 Å². The van der Waals surface area contributed by atoms with E-state index >= 15 is 0 Å². The summed E-state index contributed by atoms with van der Waals surface area (Å²) >= 11 is 5.98. The number of rotatable bonds is 4. The molecule has 21 heavy (non-hydrogen) atoms. The molecule has 0 saturated carbocycles. The topological polar surface area (TPSA) is 18.5 Å². The Labute approximate surface area is 130 Å². The molecule has 0 bridgehead atoms. The van der Waals surface area contributed by atoms with E-state index in [-0.39, 0.29) is 6.10 Å². The molecule has 0 spiro atoms. The van der Waals surface area contributed by atoms with Gasteiger partial charge in [0, 0.05) is 12.0 Å². The summed E-state index contributed by atoms with van der Waals surface area (Å²) in [5.41, 5.74) is 4.76. The van der Waals surface area contributed by atoms with Gasteiger partial charge in [-0.25, -0.2) is 0 Å². The molecule has 2 aromatic carbocycles. The third kappa shape index (κ3) is 3.16. The summed E-state index contributed by atoms with van der Waals surface area (Å²) in [6.45, 7) is 4.70. The highest BCUT2D eigenvalue weighted by Crippen LogP contribution is 2.30. The van der Waals surface area contributed by atoms with Crippen molar-refractivity contribution >= 4 is 11.6 Å². The summed E-state index contributed by atoms with van der Waals surface area (Å²) in [5.74, 6) is 2.30. The average molecular weight is 303 g/mol. The van der Waals surface area contributed by atoms with Crippen molar-refractivity contribution in [3.63, 3.8) is 0 Å². The number of ether oxygens (including phenoxy) is 2. The van der Waals surface area contributed by atoms with E-state index in [0.29, 0.717) is 12.5 Å². The zero-order chi connectivity index (χ0) is 14.8. The molecule has 2 nitrogen and oxygen atoms in total. The highest BCUT2D eigenvalue weighted by Gasteiger charge is 2.23. The van der Waals surface area contributed by atoms with Crippen molar-refractivity contribution in [2.75, 3.05) is 6.61 Å². The van der Waals surface area contributed by atoms with Gasteiger partial charge in [-0.15, -0.1) is 11.6 Å². The summed E-state index contributed by atoms with van der Waals surface area (Å²) < 4.78 is 11.8. The highest BCUT2D eigenvalue weighted by molar-refractivity contribution is 6.17. The lowest BCUT2D eigenvalue weighted by atomic mass is 10.1. The second kappa shape index (κ2) is 5.98. The van der Waals surface area contributed by atoms with Crippen molar-refractivity contribution in [3.05, 3.63) is 58.7 Å². The van der Waals surface area contributed by atoms with Crippen LogP contribution < -0.4 is 9.47 Å². The lowest BCUT2D eigenvalue weighted by molar-refractivity contribution is 0.148. The Bertz CT molecular complexity index is 652. The van der Waals surface area contributed by atoms with Gasteiger partial charge < -0.3 is 9.47 Å². The standard InChI is InChI=1S/C18H19ClO2/c1-12-4-6-18-14(7-12)9-16(21-18)11-20-17-5-3-13(2)8-15(17)10-19/h3-8,16H,9-11H2,1-2H3. The third-order valence-electron chi connectivity index (χ3n) is 3.74. The van der Waals surface area contributed by atoms with E-state index in [4.69, 9.17) is 21.1 Å². The molecule has 3 heteroatoms. The fraction of sp³-hybridized carbons (Fsp3) is 0.333. The maximum absolute atomic E-state index is 5.98. The van der Waals surface area contributed by atoms with Crippen molar-refractivity contribution < 1.29 is 9.47 Å². The average Bonchev–Trinajstić information content (AvgIpc) is 2.87. The molecule has 3 rings (SSSR count). The molecule has 1 heterocycles. The second-order valence-corrected chi connectivity index (χ2v) is 5.88. The van der Waals surface area contributed by atoms with Crippen LogP contribution in [0.15, 0.2) is 36.4 Å². The van der Waals surface area contributed by atoms with Crippen molar-refractivity contribution in [2.24, 2.45) is 0 Å². The van der Waals surface area contributed by atoms with Gasteiger partial charge >= 0.3 is 0 Å². The molecule has 0 saturated heterocycles. The third-order valence-corrected chi connectivity index (χ3v) is 4.03. The Morgan fingerprint density at radius 1 is 1.14 bits per heavy atom. The molecule has 1 aliphatic heterocycles. The Morgan fingerprint density at radius 3 is 2.71 bits per heavy atom. The van der Waals surface area contributed by atoms with Gasteiger partial charge in [-0.05, 0) is 31.5 Å². The van der Waals surface area contributed by atoms with Gasteiger partial charge in [0.05, 0.1) is 5.88 Å². The number of hydrogen-bond donors (Lipinski definition) is 0. The molecule has 2 aromatic rings. The van der Waals surface area contributed by atoms with Gasteiger partial charge in [-0.2, -0.15) is 0 Å². The van der Waals surface area contributed by atoms with Crippen LogP contribution in [0.2, 0.25) is 0 Å². The number of fused-ring (bicyclic) bond motifs is 1. The van der Waals surface area contributed by atoms with Crippen LogP contribution in [0, 0.1) is 13.8 Å². The number of hydrogen-bond acceptors (Lipinski definition) is 2. The van der Waals surface area contributed by atoms with Gasteiger partial charge in [0.25, 0.3) is 0 Å². The quantitative estimate of drug-likeness (QED) is 0.778. The summed E-state index contributed by atoms with van der Waals surface area (Å²) in [7, 11) is 0. The predicted molar refractivity (Wildman–Crippen MR) is 85.5 cm³/mol. The molecule has 0 aromatic heterocycles. The minimum atomic E-state index is 0.0753. The minimum absolute atomic E-state index is 0.0753. The minimum Gasteiger partial charge on any atom is -0.489 e. The maximum atomic E-state index is 5.98. The SMILES string of the molecule is Cc1ccc(OCC2Cc3cc(C)ccc3O2)c(CCl)c1. The van der Waals surface area contributed by atoms with Crippen LogP contribution in [-0.4, -0.2) is 12.7 Å². The van der Waals surface area contributed by atoms with Gasteiger partial charge in [-0.3, -0.25) is 0 Å². The van der Waals surface area contributed by atoms with Crippen LogP contribution in [0.4, 0.5) is 0 Å². The summed E-state index contributed by atoms with van der Waals surface area (Å²) in [6, 6.07) is 12.4. The van der Waals surface area contributed by atoms with Crippen molar-refractivity contribution in [1.82, 2.24) is 0 Å². The first-order valence-electron chi connectivity index (χ1n) is 7.20. The van der Waals surface area contributed by atoms with Gasteiger partial charge in [0.2, 0.25) is 0 Å². The molecule has 0 fully saturated rings. The molecule has 0 N–H and O–H groups in total. The van der Waals surface area contributed by atoms with E-state index in [1.807, 2.05) is 18.2 Å². The molecular formula is C18H19ClO2. The molecule has 0 aliphatic carbocycles. The van der Waals surface area contributed by atoms with E-state index in [9.17, 15) is 0 Å².